The minimum absolute atomic E-state index is 0.0998. The zero-order valence-corrected chi connectivity index (χ0v) is 15.9. The molecule has 0 radical (unpaired) electrons. The fourth-order valence-electron chi connectivity index (χ4n) is 3.34. The van der Waals surface area contributed by atoms with Crippen molar-refractivity contribution in [3.8, 4) is 0 Å². The van der Waals surface area contributed by atoms with Crippen LogP contribution in [0.1, 0.15) is 39.1 Å². The molecule has 1 atom stereocenters. The van der Waals surface area contributed by atoms with Crippen molar-refractivity contribution in [1.29, 1.82) is 0 Å². The summed E-state index contributed by atoms with van der Waals surface area (Å²) >= 11 is 0. The summed E-state index contributed by atoms with van der Waals surface area (Å²) in [6.07, 6.45) is 1.32. The Kier molecular flexibility index (Phi) is 6.39. The number of hydrogen-bond donors (Lipinski definition) is 1. The molecule has 1 fully saturated rings. The monoisotopic (exact) mass is 394 g/mol. The van der Waals surface area contributed by atoms with Gasteiger partial charge < -0.3 is 15.4 Å². The van der Waals surface area contributed by atoms with E-state index < -0.39 is 24.4 Å². The van der Waals surface area contributed by atoms with E-state index in [2.05, 4.69) is 0 Å². The van der Waals surface area contributed by atoms with Gasteiger partial charge in [-0.2, -0.15) is 0 Å². The zero-order chi connectivity index (χ0) is 20.8. The number of primary amides is 1. The summed E-state index contributed by atoms with van der Waals surface area (Å²) in [5.41, 5.74) is 6.09. The molecule has 3 rings (SSSR count). The van der Waals surface area contributed by atoms with Crippen LogP contribution in [0.5, 0.6) is 0 Å². The molecule has 0 saturated carbocycles. The van der Waals surface area contributed by atoms with Gasteiger partial charge in [-0.1, -0.05) is 48.5 Å². The Morgan fingerprint density at radius 2 is 1.62 bits per heavy atom. The first-order valence-corrected chi connectivity index (χ1v) is 9.40. The number of amides is 2. The van der Waals surface area contributed by atoms with Crippen LogP contribution in [0.4, 0.5) is 0 Å². The van der Waals surface area contributed by atoms with Crippen LogP contribution in [0.15, 0.2) is 54.6 Å². The number of likely N-dealkylation sites (tertiary alicyclic amines) is 1. The summed E-state index contributed by atoms with van der Waals surface area (Å²) in [6.45, 7) is 0.260. The van der Waals surface area contributed by atoms with E-state index in [1.807, 2.05) is 0 Å². The Labute approximate surface area is 168 Å². The summed E-state index contributed by atoms with van der Waals surface area (Å²) in [5.74, 6) is -2.26. The minimum atomic E-state index is -0.748. The third kappa shape index (κ3) is 4.87. The van der Waals surface area contributed by atoms with E-state index in [9.17, 15) is 19.2 Å². The number of nitrogens with two attached hydrogens (primary N) is 1. The maximum absolute atomic E-state index is 12.7. The zero-order valence-electron chi connectivity index (χ0n) is 15.9. The Morgan fingerprint density at radius 1 is 0.966 bits per heavy atom. The molecule has 1 aliphatic heterocycles. The third-order valence-corrected chi connectivity index (χ3v) is 4.93. The maximum Gasteiger partial charge on any atom is 0.339 e. The number of ketones is 1. The standard InChI is InChI=1S/C22H22N2O5/c23-21(27)16-9-6-12-24(13-16)19(25)14-29-22(28)18-11-5-4-10-17(18)20(26)15-7-2-1-3-8-15/h1-5,7-8,10-11,16H,6,9,12-14H2,(H2,23,27)/t16-/m1/s1. The van der Waals surface area contributed by atoms with Crippen LogP contribution < -0.4 is 5.73 Å². The predicted octanol–water partition coefficient (Wildman–Crippen LogP) is 1.80. The van der Waals surface area contributed by atoms with Crippen molar-refractivity contribution in [2.45, 2.75) is 12.8 Å². The number of piperidine rings is 1. The number of nitrogens with zero attached hydrogens (tertiary/aromatic N) is 1. The number of carbonyl (C=O) groups is 4. The Bertz CT molecular complexity index is 926. The topological polar surface area (TPSA) is 107 Å². The predicted molar refractivity (Wildman–Crippen MR) is 105 cm³/mol. The van der Waals surface area contributed by atoms with Crippen LogP contribution in [-0.4, -0.2) is 48.2 Å². The largest absolute Gasteiger partial charge is 0.452 e. The van der Waals surface area contributed by atoms with Crippen LogP contribution in [0.2, 0.25) is 0 Å². The molecule has 150 valence electrons. The highest BCUT2D eigenvalue weighted by atomic mass is 16.5. The lowest BCUT2D eigenvalue weighted by atomic mass is 9.97. The molecule has 2 aromatic carbocycles. The lowest BCUT2D eigenvalue weighted by Gasteiger charge is -2.31. The Morgan fingerprint density at radius 3 is 2.31 bits per heavy atom. The van der Waals surface area contributed by atoms with Gasteiger partial charge in [0.25, 0.3) is 5.91 Å². The maximum atomic E-state index is 12.7. The van der Waals surface area contributed by atoms with E-state index in [4.69, 9.17) is 10.5 Å². The molecule has 1 heterocycles. The fourth-order valence-corrected chi connectivity index (χ4v) is 3.34. The molecule has 2 N–H and O–H groups in total. The SMILES string of the molecule is NC(=O)[C@@H]1CCCN(C(=O)COC(=O)c2ccccc2C(=O)c2ccccc2)C1. The molecule has 7 nitrogen and oxygen atoms in total. The highest BCUT2D eigenvalue weighted by Crippen LogP contribution is 2.18. The van der Waals surface area contributed by atoms with Crippen molar-refractivity contribution in [2.24, 2.45) is 11.7 Å². The fraction of sp³-hybridized carbons (Fsp3) is 0.273. The van der Waals surface area contributed by atoms with Gasteiger partial charge in [-0.05, 0) is 18.9 Å². The lowest BCUT2D eigenvalue weighted by molar-refractivity contribution is -0.137. The van der Waals surface area contributed by atoms with Gasteiger partial charge in [0, 0.05) is 24.2 Å². The van der Waals surface area contributed by atoms with Crippen LogP contribution in [0, 0.1) is 5.92 Å². The number of esters is 1. The molecule has 1 aliphatic rings. The summed E-state index contributed by atoms with van der Waals surface area (Å²) in [7, 11) is 0. The summed E-state index contributed by atoms with van der Waals surface area (Å²) in [4.78, 5) is 50.5. The molecule has 7 heteroatoms. The highest BCUT2D eigenvalue weighted by Gasteiger charge is 2.28. The van der Waals surface area contributed by atoms with E-state index in [1.54, 1.807) is 48.5 Å². The second-order valence-corrected chi connectivity index (χ2v) is 6.90. The van der Waals surface area contributed by atoms with E-state index >= 15 is 0 Å². The van der Waals surface area contributed by atoms with Crippen molar-refractivity contribution in [1.82, 2.24) is 4.90 Å². The minimum Gasteiger partial charge on any atom is -0.452 e. The van der Waals surface area contributed by atoms with E-state index in [-0.39, 0.29) is 29.4 Å². The average Bonchev–Trinajstić information content (AvgIpc) is 2.77. The highest BCUT2D eigenvalue weighted by molar-refractivity contribution is 6.14. The molecule has 0 unspecified atom stereocenters. The second kappa shape index (κ2) is 9.14. The molecule has 0 aliphatic carbocycles. The van der Waals surface area contributed by atoms with Crippen molar-refractivity contribution < 1.29 is 23.9 Å². The first-order valence-electron chi connectivity index (χ1n) is 9.40. The van der Waals surface area contributed by atoms with Crippen molar-refractivity contribution in [2.75, 3.05) is 19.7 Å². The van der Waals surface area contributed by atoms with Gasteiger partial charge in [-0.3, -0.25) is 14.4 Å². The van der Waals surface area contributed by atoms with E-state index in [0.29, 0.717) is 24.9 Å². The number of rotatable bonds is 6. The van der Waals surface area contributed by atoms with E-state index in [0.717, 1.165) is 0 Å². The van der Waals surface area contributed by atoms with Crippen molar-refractivity contribution in [3.63, 3.8) is 0 Å². The number of carbonyl (C=O) groups excluding carboxylic acids is 4. The molecule has 1 saturated heterocycles. The quantitative estimate of drug-likeness (QED) is 0.594. The third-order valence-electron chi connectivity index (χ3n) is 4.93. The van der Waals surface area contributed by atoms with Gasteiger partial charge in [0.15, 0.2) is 12.4 Å². The number of hydrogen-bond acceptors (Lipinski definition) is 5. The van der Waals surface area contributed by atoms with Gasteiger partial charge >= 0.3 is 5.97 Å². The van der Waals surface area contributed by atoms with Gasteiger partial charge in [0.1, 0.15) is 0 Å². The van der Waals surface area contributed by atoms with Crippen LogP contribution >= 0.6 is 0 Å². The van der Waals surface area contributed by atoms with Gasteiger partial charge in [0.2, 0.25) is 5.91 Å². The summed E-state index contributed by atoms with van der Waals surface area (Å²) < 4.78 is 5.17. The van der Waals surface area contributed by atoms with Crippen LogP contribution in [-0.2, 0) is 14.3 Å². The Balaban J connectivity index is 1.66. The van der Waals surface area contributed by atoms with Crippen LogP contribution in [0.3, 0.4) is 0 Å². The lowest BCUT2D eigenvalue weighted by Crippen LogP contribution is -2.45. The average molecular weight is 394 g/mol. The molecular weight excluding hydrogens is 372 g/mol. The normalized spacial score (nSPS) is 16.1. The van der Waals surface area contributed by atoms with Gasteiger partial charge in [0.05, 0.1) is 11.5 Å². The van der Waals surface area contributed by atoms with Gasteiger partial charge in [-0.25, -0.2) is 4.79 Å². The van der Waals surface area contributed by atoms with Gasteiger partial charge in [-0.15, -0.1) is 0 Å². The van der Waals surface area contributed by atoms with Crippen LogP contribution in [0.25, 0.3) is 0 Å². The summed E-state index contributed by atoms with van der Waals surface area (Å²) in [6, 6.07) is 14.9. The molecule has 29 heavy (non-hydrogen) atoms. The first kappa shape index (κ1) is 20.3. The van der Waals surface area contributed by atoms with Crippen molar-refractivity contribution >= 4 is 23.6 Å². The smallest absolute Gasteiger partial charge is 0.339 e. The first-order chi connectivity index (χ1) is 14.0. The summed E-state index contributed by atoms with van der Waals surface area (Å²) in [5, 5.41) is 0. The molecule has 2 aromatic rings. The molecule has 2 amide bonds. The number of ether oxygens (including phenoxy) is 1. The van der Waals surface area contributed by atoms with E-state index in [1.165, 1.54) is 11.0 Å². The molecule has 0 aromatic heterocycles. The molecular formula is C22H22N2O5. The Hall–Kier alpha value is -3.48. The number of benzene rings is 2. The second-order valence-electron chi connectivity index (χ2n) is 6.90. The van der Waals surface area contributed by atoms with Crippen molar-refractivity contribution in [3.05, 3.63) is 71.3 Å². The molecule has 0 spiro atoms. The molecule has 0 bridgehead atoms.